The summed E-state index contributed by atoms with van der Waals surface area (Å²) in [4.78, 5) is 17.2. The molecule has 0 bridgehead atoms. The van der Waals surface area contributed by atoms with Gasteiger partial charge in [0.1, 0.15) is 11.7 Å². The van der Waals surface area contributed by atoms with Gasteiger partial charge in [-0.1, -0.05) is 83.6 Å². The molecule has 2 aromatic rings. The van der Waals surface area contributed by atoms with Crippen molar-refractivity contribution in [1.82, 2.24) is 14.8 Å². The summed E-state index contributed by atoms with van der Waals surface area (Å²) in [6.45, 7) is 30.1. The molecule has 7 heteroatoms. The van der Waals surface area contributed by atoms with E-state index in [1.807, 2.05) is 19.9 Å². The van der Waals surface area contributed by atoms with Crippen LogP contribution in [0.3, 0.4) is 0 Å². The first-order valence-corrected chi connectivity index (χ1v) is 15.5. The van der Waals surface area contributed by atoms with E-state index >= 15 is 0 Å². The average molecular weight is 597 g/mol. The van der Waals surface area contributed by atoms with Gasteiger partial charge in [0.25, 0.3) is 0 Å². The highest BCUT2D eigenvalue weighted by Gasteiger charge is 2.22. The summed E-state index contributed by atoms with van der Waals surface area (Å²) in [6, 6.07) is 6.22. The molecule has 1 saturated heterocycles. The summed E-state index contributed by atoms with van der Waals surface area (Å²) in [5, 5.41) is 2.61. The van der Waals surface area contributed by atoms with Crippen LogP contribution in [0.25, 0.3) is 12.4 Å². The van der Waals surface area contributed by atoms with Crippen molar-refractivity contribution in [3.63, 3.8) is 0 Å². The molecule has 0 aliphatic carbocycles. The maximum atomic E-state index is 6.53. The number of hydrogen-bond donors (Lipinski definition) is 2. The number of aromatic amines is 1. The first-order valence-electron chi connectivity index (χ1n) is 15.1. The van der Waals surface area contributed by atoms with E-state index in [1.165, 1.54) is 12.0 Å². The molecule has 1 aliphatic heterocycles. The molecule has 2 heterocycles. The summed E-state index contributed by atoms with van der Waals surface area (Å²) in [5.74, 6) is 2.24. The zero-order chi connectivity index (χ0) is 30.7. The fourth-order valence-corrected chi connectivity index (χ4v) is 5.59. The minimum Gasteiger partial charge on any atom is -0.383 e. The van der Waals surface area contributed by atoms with Gasteiger partial charge in [0.05, 0.1) is 10.2 Å². The number of aromatic nitrogens is 1. The predicted octanol–water partition coefficient (Wildman–Crippen LogP) is 6.81. The summed E-state index contributed by atoms with van der Waals surface area (Å²) < 4.78 is 0. The quantitative estimate of drug-likeness (QED) is 0.221. The summed E-state index contributed by atoms with van der Waals surface area (Å²) in [5.41, 5.74) is 12.4. The van der Waals surface area contributed by atoms with Crippen LogP contribution in [0.4, 0.5) is 0 Å². The van der Waals surface area contributed by atoms with Crippen LogP contribution >= 0.6 is 11.6 Å². The molecule has 0 amide bonds. The highest BCUT2D eigenvalue weighted by molar-refractivity contribution is 6.31. The van der Waals surface area contributed by atoms with Crippen LogP contribution < -0.4 is 16.3 Å². The van der Waals surface area contributed by atoms with Crippen molar-refractivity contribution in [2.75, 3.05) is 32.7 Å². The van der Waals surface area contributed by atoms with Gasteiger partial charge in [-0.3, -0.25) is 4.90 Å². The molecular formula is C35H57ClN6. The molecule has 0 radical (unpaired) electrons. The molecule has 1 unspecified atom stereocenters. The molecule has 1 aromatic heterocycles. The van der Waals surface area contributed by atoms with Gasteiger partial charge in [0.15, 0.2) is 0 Å². The third kappa shape index (κ3) is 10.8. The highest BCUT2D eigenvalue weighted by atomic mass is 35.5. The normalized spacial score (nSPS) is 15.6. The standard InChI is InChI=1S/C18H29N3.C16H24ClN3.CH4/c1-6-10-21(11-7-2)13-16(5)20-18(19)17-9-8-14(3)12-15(17)4;1-6-13-15(17)14(12(5)19-13)16(18-10(2)3)20-8-7-11(4)9-20;/h8-9,12H,5-7,10-11,13H2,1-4H3,(H2,19,20);11,19H,5-9H2,1-4H3;1H4/b;16-14-;. The van der Waals surface area contributed by atoms with Gasteiger partial charge in [-0.2, -0.15) is 0 Å². The number of aryl methyl sites for hydroxylation is 3. The summed E-state index contributed by atoms with van der Waals surface area (Å²) in [6.07, 6.45) is 4.36. The SMILES string of the molecule is C.C=C(CN(CCC)CCC)N=C(N)c1ccc(C)cc1C.C=c1[nH]c(CC)c(Cl)/c1=C(/N=C(C)C)N1CCC(C)C1. The van der Waals surface area contributed by atoms with Gasteiger partial charge in [-0.25, -0.2) is 9.98 Å². The molecule has 1 fully saturated rings. The van der Waals surface area contributed by atoms with E-state index in [-0.39, 0.29) is 7.43 Å². The van der Waals surface area contributed by atoms with E-state index in [0.717, 1.165) is 102 Å². The second kappa shape index (κ2) is 18.0. The minimum absolute atomic E-state index is 0. The van der Waals surface area contributed by atoms with Crippen molar-refractivity contribution in [2.45, 2.75) is 88.5 Å². The Labute approximate surface area is 261 Å². The van der Waals surface area contributed by atoms with E-state index in [1.54, 1.807) is 0 Å². The Morgan fingerprint density at radius 3 is 2.26 bits per heavy atom. The second-order valence-electron chi connectivity index (χ2n) is 11.5. The number of nitrogens with two attached hydrogens (primary N) is 1. The largest absolute Gasteiger partial charge is 0.383 e. The monoisotopic (exact) mass is 596 g/mol. The molecule has 42 heavy (non-hydrogen) atoms. The number of benzene rings is 1. The predicted molar refractivity (Wildman–Crippen MR) is 187 cm³/mol. The molecule has 0 saturated carbocycles. The third-order valence-electron chi connectivity index (χ3n) is 7.14. The lowest BCUT2D eigenvalue weighted by molar-refractivity contribution is 0.297. The first-order chi connectivity index (χ1) is 19.4. The van der Waals surface area contributed by atoms with Gasteiger partial charge in [0, 0.05) is 47.6 Å². The first kappa shape index (κ1) is 37.2. The van der Waals surface area contributed by atoms with Crippen LogP contribution in [-0.2, 0) is 6.42 Å². The lowest BCUT2D eigenvalue weighted by Gasteiger charge is -2.20. The number of nitrogens with zero attached hydrogens (tertiary/aromatic N) is 4. The van der Waals surface area contributed by atoms with Gasteiger partial charge < -0.3 is 15.6 Å². The molecule has 1 aromatic carbocycles. The zero-order valence-corrected chi connectivity index (χ0v) is 27.6. The number of hydrogen-bond acceptors (Lipinski definition) is 4. The van der Waals surface area contributed by atoms with Gasteiger partial charge in [-0.15, -0.1) is 0 Å². The second-order valence-corrected chi connectivity index (χ2v) is 11.9. The van der Waals surface area contributed by atoms with Crippen molar-refractivity contribution in [3.8, 4) is 0 Å². The molecule has 3 rings (SSSR count). The smallest absolute Gasteiger partial charge is 0.139 e. The van der Waals surface area contributed by atoms with Crippen LogP contribution in [0, 0.1) is 19.8 Å². The molecular weight excluding hydrogens is 540 g/mol. The highest BCUT2D eigenvalue weighted by Crippen LogP contribution is 2.22. The molecule has 1 aliphatic rings. The topological polar surface area (TPSA) is 73.0 Å². The van der Waals surface area contributed by atoms with E-state index < -0.39 is 0 Å². The third-order valence-corrected chi connectivity index (χ3v) is 7.56. The molecule has 1 atom stereocenters. The Bertz CT molecular complexity index is 1330. The molecule has 0 spiro atoms. The van der Waals surface area contributed by atoms with Crippen molar-refractivity contribution >= 4 is 35.5 Å². The number of H-pyrrole nitrogens is 1. The lowest BCUT2D eigenvalue weighted by atomic mass is 10.1. The van der Waals surface area contributed by atoms with Crippen molar-refractivity contribution < 1.29 is 0 Å². The zero-order valence-electron chi connectivity index (χ0n) is 26.8. The van der Waals surface area contributed by atoms with E-state index in [9.17, 15) is 0 Å². The number of halogens is 1. The molecule has 3 N–H and O–H groups in total. The van der Waals surface area contributed by atoms with Crippen LogP contribution in [0.1, 0.15) is 90.6 Å². The molecule has 234 valence electrons. The van der Waals surface area contributed by atoms with Crippen molar-refractivity contribution in [1.29, 1.82) is 0 Å². The maximum absolute atomic E-state index is 6.53. The lowest BCUT2D eigenvalue weighted by Crippen LogP contribution is -2.32. The Kier molecular flexibility index (Phi) is 15.9. The number of amidine groups is 1. The number of likely N-dealkylation sites (tertiary alicyclic amines) is 1. The number of nitrogens with one attached hydrogen (secondary N) is 1. The van der Waals surface area contributed by atoms with Crippen LogP contribution in [0.5, 0.6) is 0 Å². The summed E-state index contributed by atoms with van der Waals surface area (Å²) in [7, 11) is 0. The average Bonchev–Trinajstić information content (AvgIpc) is 3.44. The summed E-state index contributed by atoms with van der Waals surface area (Å²) >= 11 is 6.53. The minimum atomic E-state index is 0. The number of rotatable bonds is 11. The van der Waals surface area contributed by atoms with E-state index in [2.05, 4.69) is 86.6 Å². The van der Waals surface area contributed by atoms with E-state index in [4.69, 9.17) is 22.3 Å². The fraction of sp³-hybridized carbons (Fsp3) is 0.543. The van der Waals surface area contributed by atoms with Gasteiger partial charge in [0.2, 0.25) is 0 Å². The maximum Gasteiger partial charge on any atom is 0.139 e. The van der Waals surface area contributed by atoms with Gasteiger partial charge >= 0.3 is 0 Å². The van der Waals surface area contributed by atoms with E-state index in [0.29, 0.717) is 11.8 Å². The molecule has 6 nitrogen and oxygen atoms in total. The fourth-order valence-electron chi connectivity index (χ4n) is 5.21. The Balaban J connectivity index is 0.000000410. The van der Waals surface area contributed by atoms with Crippen molar-refractivity contribution in [2.24, 2.45) is 21.6 Å². The number of aliphatic imine (C=N–C) groups is 2. The van der Waals surface area contributed by atoms with Crippen LogP contribution in [0.2, 0.25) is 5.02 Å². The van der Waals surface area contributed by atoms with Gasteiger partial charge in [-0.05, 0) is 77.9 Å². The Hall–Kier alpha value is -2.83. The Morgan fingerprint density at radius 2 is 1.79 bits per heavy atom. The Morgan fingerprint density at radius 1 is 1.14 bits per heavy atom. The van der Waals surface area contributed by atoms with Crippen molar-refractivity contribution in [3.05, 3.63) is 68.4 Å². The van der Waals surface area contributed by atoms with Crippen LogP contribution in [0.15, 0.2) is 40.5 Å². The van der Waals surface area contributed by atoms with Crippen LogP contribution in [-0.4, -0.2) is 59.1 Å².